The Morgan fingerprint density at radius 3 is 2.40 bits per heavy atom. The summed E-state index contributed by atoms with van der Waals surface area (Å²) in [6.07, 6.45) is 0.718. The van der Waals surface area contributed by atoms with Crippen LogP contribution in [0.5, 0.6) is 5.75 Å². The molecule has 0 heterocycles. The molecule has 1 unspecified atom stereocenters. The highest BCUT2D eigenvalue weighted by Crippen LogP contribution is 2.33. The van der Waals surface area contributed by atoms with Gasteiger partial charge in [-0.25, -0.2) is 0 Å². The minimum atomic E-state index is -0.0298. The second-order valence-corrected chi connectivity index (χ2v) is 5.24. The van der Waals surface area contributed by atoms with Crippen LogP contribution in [0.15, 0.2) is 18.2 Å². The van der Waals surface area contributed by atoms with E-state index >= 15 is 0 Å². The van der Waals surface area contributed by atoms with Gasteiger partial charge in [0.2, 0.25) is 0 Å². The number of para-hydroxylation sites is 1. The molecule has 1 atom stereocenters. The lowest BCUT2D eigenvalue weighted by molar-refractivity contribution is 0.438. The Morgan fingerprint density at radius 1 is 1.33 bits per heavy atom. The zero-order valence-electron chi connectivity index (χ0n) is 10.0. The molecule has 0 bridgehead atoms. The van der Waals surface area contributed by atoms with Gasteiger partial charge in [0.1, 0.15) is 5.75 Å². The number of phenols is 1. The van der Waals surface area contributed by atoms with Crippen molar-refractivity contribution in [1.82, 2.24) is 0 Å². The second-order valence-electron chi connectivity index (χ2n) is 5.24. The first-order valence-corrected chi connectivity index (χ1v) is 5.39. The van der Waals surface area contributed by atoms with Crippen LogP contribution in [-0.4, -0.2) is 11.1 Å². The van der Waals surface area contributed by atoms with Crippen LogP contribution in [0.4, 0.5) is 0 Å². The largest absolute Gasteiger partial charge is 0.507 e. The van der Waals surface area contributed by atoms with Gasteiger partial charge < -0.3 is 10.8 Å². The summed E-state index contributed by atoms with van der Waals surface area (Å²) in [5.74, 6) is 0.405. The molecule has 3 N–H and O–H groups in total. The first kappa shape index (κ1) is 12.1. The van der Waals surface area contributed by atoms with Crippen LogP contribution in [0.25, 0.3) is 0 Å². The van der Waals surface area contributed by atoms with Crippen LogP contribution in [0.1, 0.15) is 38.8 Å². The van der Waals surface area contributed by atoms with Crippen LogP contribution in [0.2, 0.25) is 0 Å². The quantitative estimate of drug-likeness (QED) is 0.783. The van der Waals surface area contributed by atoms with Gasteiger partial charge in [0, 0.05) is 6.04 Å². The Labute approximate surface area is 92.1 Å². The summed E-state index contributed by atoms with van der Waals surface area (Å²) in [5.41, 5.74) is 7.64. The fourth-order valence-electron chi connectivity index (χ4n) is 1.71. The van der Waals surface area contributed by atoms with E-state index in [9.17, 15) is 5.11 Å². The van der Waals surface area contributed by atoms with Crippen molar-refractivity contribution < 1.29 is 5.11 Å². The van der Waals surface area contributed by atoms with Gasteiger partial charge >= 0.3 is 0 Å². The number of benzene rings is 1. The van der Waals surface area contributed by atoms with Gasteiger partial charge in [-0.05, 0) is 29.9 Å². The van der Waals surface area contributed by atoms with Crippen LogP contribution in [0.3, 0.4) is 0 Å². The molecule has 0 fully saturated rings. The van der Waals surface area contributed by atoms with Crippen molar-refractivity contribution in [2.75, 3.05) is 0 Å². The SMILES string of the molecule is CC(N)Cc1cccc(C(C)(C)C)c1O. The molecule has 1 aromatic rings. The van der Waals surface area contributed by atoms with E-state index < -0.39 is 0 Å². The Balaban J connectivity index is 3.12. The van der Waals surface area contributed by atoms with E-state index in [1.165, 1.54) is 0 Å². The van der Waals surface area contributed by atoms with Crippen molar-refractivity contribution in [3.05, 3.63) is 29.3 Å². The molecule has 0 aromatic heterocycles. The number of phenolic OH excluding ortho intramolecular Hbond substituents is 1. The lowest BCUT2D eigenvalue weighted by atomic mass is 9.84. The number of nitrogens with two attached hydrogens (primary N) is 1. The molecule has 2 heteroatoms. The first-order chi connectivity index (χ1) is 6.82. The molecular formula is C13H21NO. The van der Waals surface area contributed by atoms with E-state index in [4.69, 9.17) is 5.73 Å². The van der Waals surface area contributed by atoms with Crippen molar-refractivity contribution >= 4 is 0 Å². The molecule has 0 saturated carbocycles. The number of aromatic hydroxyl groups is 1. The average Bonchev–Trinajstić information content (AvgIpc) is 2.05. The third-order valence-electron chi connectivity index (χ3n) is 2.47. The monoisotopic (exact) mass is 207 g/mol. The van der Waals surface area contributed by atoms with Gasteiger partial charge in [0.15, 0.2) is 0 Å². The third kappa shape index (κ3) is 2.96. The van der Waals surface area contributed by atoms with E-state index in [-0.39, 0.29) is 11.5 Å². The molecule has 0 radical (unpaired) electrons. The van der Waals surface area contributed by atoms with Gasteiger partial charge in [0.25, 0.3) is 0 Å². The Morgan fingerprint density at radius 2 is 1.93 bits per heavy atom. The van der Waals surface area contributed by atoms with E-state index in [0.717, 1.165) is 17.5 Å². The van der Waals surface area contributed by atoms with E-state index in [0.29, 0.717) is 5.75 Å². The van der Waals surface area contributed by atoms with Gasteiger partial charge in [-0.2, -0.15) is 0 Å². The lowest BCUT2D eigenvalue weighted by Gasteiger charge is -2.22. The second kappa shape index (κ2) is 4.23. The zero-order valence-corrected chi connectivity index (χ0v) is 10.0. The van der Waals surface area contributed by atoms with Crippen molar-refractivity contribution in [3.8, 4) is 5.75 Å². The van der Waals surface area contributed by atoms with Crippen LogP contribution < -0.4 is 5.73 Å². The van der Waals surface area contributed by atoms with Crippen LogP contribution >= 0.6 is 0 Å². The molecule has 15 heavy (non-hydrogen) atoms. The summed E-state index contributed by atoms with van der Waals surface area (Å²) in [6, 6.07) is 5.97. The number of hydrogen-bond acceptors (Lipinski definition) is 2. The fourth-order valence-corrected chi connectivity index (χ4v) is 1.71. The topological polar surface area (TPSA) is 46.2 Å². The van der Waals surface area contributed by atoms with E-state index in [1.807, 2.05) is 25.1 Å². The van der Waals surface area contributed by atoms with Gasteiger partial charge in [-0.3, -0.25) is 0 Å². The van der Waals surface area contributed by atoms with Gasteiger partial charge in [-0.1, -0.05) is 39.0 Å². The Kier molecular flexibility index (Phi) is 3.40. The maximum Gasteiger partial charge on any atom is 0.122 e. The lowest BCUT2D eigenvalue weighted by Crippen LogP contribution is -2.19. The molecule has 0 spiro atoms. The summed E-state index contributed by atoms with van der Waals surface area (Å²) >= 11 is 0. The predicted molar refractivity (Wildman–Crippen MR) is 64.2 cm³/mol. The van der Waals surface area contributed by atoms with Crippen LogP contribution in [0, 0.1) is 0 Å². The maximum atomic E-state index is 10.1. The number of rotatable bonds is 2. The highest BCUT2D eigenvalue weighted by molar-refractivity contribution is 5.44. The molecule has 1 aromatic carbocycles. The zero-order chi connectivity index (χ0) is 11.6. The molecular weight excluding hydrogens is 186 g/mol. The summed E-state index contributed by atoms with van der Waals surface area (Å²) < 4.78 is 0. The predicted octanol–water partition coefficient (Wildman–Crippen LogP) is 2.58. The smallest absolute Gasteiger partial charge is 0.122 e. The summed E-state index contributed by atoms with van der Waals surface area (Å²) in [7, 11) is 0. The summed E-state index contributed by atoms with van der Waals surface area (Å²) in [6.45, 7) is 8.23. The fraction of sp³-hybridized carbons (Fsp3) is 0.538. The number of hydrogen-bond donors (Lipinski definition) is 2. The van der Waals surface area contributed by atoms with Gasteiger partial charge in [-0.15, -0.1) is 0 Å². The standard InChI is InChI=1S/C13H21NO/c1-9(14)8-10-6-5-7-11(12(10)15)13(2,3)4/h5-7,9,15H,8,14H2,1-4H3. The highest BCUT2D eigenvalue weighted by atomic mass is 16.3. The highest BCUT2D eigenvalue weighted by Gasteiger charge is 2.19. The third-order valence-corrected chi connectivity index (χ3v) is 2.47. The normalized spacial score (nSPS) is 13.9. The van der Waals surface area contributed by atoms with E-state index in [1.54, 1.807) is 0 Å². The van der Waals surface area contributed by atoms with Crippen LogP contribution in [-0.2, 0) is 11.8 Å². The molecule has 1 rings (SSSR count). The average molecular weight is 207 g/mol. The van der Waals surface area contributed by atoms with Crippen molar-refractivity contribution in [2.24, 2.45) is 5.73 Å². The van der Waals surface area contributed by atoms with Crippen molar-refractivity contribution in [2.45, 2.75) is 45.6 Å². The molecule has 0 saturated heterocycles. The molecule has 84 valence electrons. The summed E-state index contributed by atoms with van der Waals surface area (Å²) in [5, 5.41) is 10.1. The van der Waals surface area contributed by atoms with Crippen molar-refractivity contribution in [3.63, 3.8) is 0 Å². The molecule has 0 amide bonds. The molecule has 0 aliphatic carbocycles. The van der Waals surface area contributed by atoms with Gasteiger partial charge in [0.05, 0.1) is 0 Å². The van der Waals surface area contributed by atoms with E-state index in [2.05, 4.69) is 20.8 Å². The minimum Gasteiger partial charge on any atom is -0.507 e. The molecule has 0 aliphatic heterocycles. The minimum absolute atomic E-state index is 0.0298. The Hall–Kier alpha value is -1.02. The van der Waals surface area contributed by atoms with Crippen molar-refractivity contribution in [1.29, 1.82) is 0 Å². The molecule has 2 nitrogen and oxygen atoms in total. The maximum absolute atomic E-state index is 10.1. The summed E-state index contributed by atoms with van der Waals surface area (Å²) in [4.78, 5) is 0. The molecule has 0 aliphatic rings. The first-order valence-electron chi connectivity index (χ1n) is 5.39. The Bertz CT molecular complexity index is 337.